The molecule has 2 atom stereocenters. The van der Waals surface area contributed by atoms with Crippen LogP contribution in [0.2, 0.25) is 0 Å². The van der Waals surface area contributed by atoms with Crippen molar-refractivity contribution in [3.8, 4) is 0 Å². The molecule has 0 radical (unpaired) electrons. The van der Waals surface area contributed by atoms with Gasteiger partial charge in [-0.05, 0) is 32.3 Å². The van der Waals surface area contributed by atoms with Gasteiger partial charge in [0.15, 0.2) is 5.96 Å². The lowest BCUT2D eigenvalue weighted by Crippen LogP contribution is -2.51. The first-order valence-electron chi connectivity index (χ1n) is 10.9. The molecule has 1 fully saturated rings. The van der Waals surface area contributed by atoms with Gasteiger partial charge < -0.3 is 16.0 Å². The molecule has 162 valence electrons. The largest absolute Gasteiger partial charge is 0.357 e. The van der Waals surface area contributed by atoms with Crippen molar-refractivity contribution in [1.82, 2.24) is 20.9 Å². The number of benzene rings is 1. The van der Waals surface area contributed by atoms with Crippen LogP contribution in [0.1, 0.15) is 53.0 Å². The summed E-state index contributed by atoms with van der Waals surface area (Å²) in [4.78, 5) is 19.1. The van der Waals surface area contributed by atoms with E-state index in [0.29, 0.717) is 25.2 Å². The number of amides is 1. The minimum absolute atomic E-state index is 0.0604. The molecule has 0 saturated carbocycles. The minimum atomic E-state index is -0.365. The van der Waals surface area contributed by atoms with E-state index in [0.717, 1.165) is 38.4 Å². The average Bonchev–Trinajstić information content (AvgIpc) is 2.67. The zero-order chi connectivity index (χ0) is 21.3. The van der Waals surface area contributed by atoms with Crippen molar-refractivity contribution in [1.29, 1.82) is 0 Å². The SMILES string of the molecule is CCNC(=NCCNC(=O)C(C)(C)C)NC1CCN(Cc2ccccc2)C(C)C1. The Morgan fingerprint density at radius 1 is 1.21 bits per heavy atom. The fraction of sp³-hybridized carbons (Fsp3) is 0.652. The summed E-state index contributed by atoms with van der Waals surface area (Å²) < 4.78 is 0. The van der Waals surface area contributed by atoms with Gasteiger partial charge in [-0.15, -0.1) is 0 Å². The maximum Gasteiger partial charge on any atom is 0.225 e. The molecule has 2 unspecified atom stereocenters. The predicted octanol–water partition coefficient (Wildman–Crippen LogP) is 2.76. The van der Waals surface area contributed by atoms with Gasteiger partial charge in [-0.1, -0.05) is 51.1 Å². The number of guanidine groups is 1. The van der Waals surface area contributed by atoms with Gasteiger partial charge in [-0.2, -0.15) is 0 Å². The third kappa shape index (κ3) is 8.05. The summed E-state index contributed by atoms with van der Waals surface area (Å²) in [5.74, 6) is 0.900. The summed E-state index contributed by atoms with van der Waals surface area (Å²) in [6.45, 7) is 14.2. The van der Waals surface area contributed by atoms with Crippen LogP contribution in [0.25, 0.3) is 0 Å². The highest BCUT2D eigenvalue weighted by Crippen LogP contribution is 2.20. The second kappa shape index (κ2) is 11.2. The lowest BCUT2D eigenvalue weighted by Gasteiger charge is -2.38. The van der Waals surface area contributed by atoms with Crippen molar-refractivity contribution in [2.75, 3.05) is 26.2 Å². The molecule has 29 heavy (non-hydrogen) atoms. The number of hydrogen-bond donors (Lipinski definition) is 3. The number of carbonyl (C=O) groups is 1. The van der Waals surface area contributed by atoms with Gasteiger partial charge in [-0.25, -0.2) is 0 Å². The van der Waals surface area contributed by atoms with Gasteiger partial charge in [0, 0.05) is 43.7 Å². The van der Waals surface area contributed by atoms with Gasteiger partial charge in [0.25, 0.3) is 0 Å². The first-order valence-corrected chi connectivity index (χ1v) is 10.9. The van der Waals surface area contributed by atoms with E-state index in [4.69, 9.17) is 0 Å². The Morgan fingerprint density at radius 3 is 2.55 bits per heavy atom. The zero-order valence-electron chi connectivity index (χ0n) is 18.8. The summed E-state index contributed by atoms with van der Waals surface area (Å²) in [5, 5.41) is 9.87. The third-order valence-corrected chi connectivity index (χ3v) is 5.28. The van der Waals surface area contributed by atoms with E-state index in [2.05, 4.69) is 70.0 Å². The predicted molar refractivity (Wildman–Crippen MR) is 121 cm³/mol. The van der Waals surface area contributed by atoms with Crippen LogP contribution in [0.3, 0.4) is 0 Å². The lowest BCUT2D eigenvalue weighted by atomic mass is 9.96. The van der Waals surface area contributed by atoms with Gasteiger partial charge in [0.05, 0.1) is 6.54 Å². The molecule has 0 bridgehead atoms. The minimum Gasteiger partial charge on any atom is -0.357 e. The number of hydrogen-bond acceptors (Lipinski definition) is 3. The van der Waals surface area contributed by atoms with Crippen molar-refractivity contribution in [3.05, 3.63) is 35.9 Å². The van der Waals surface area contributed by atoms with E-state index in [1.54, 1.807) is 0 Å². The normalized spacial score (nSPS) is 20.9. The molecule has 3 N–H and O–H groups in total. The molecule has 1 saturated heterocycles. The third-order valence-electron chi connectivity index (χ3n) is 5.28. The molecule has 1 heterocycles. The average molecular weight is 402 g/mol. The van der Waals surface area contributed by atoms with Gasteiger partial charge in [0.1, 0.15) is 0 Å². The quantitative estimate of drug-likeness (QED) is 0.373. The maximum atomic E-state index is 12.0. The monoisotopic (exact) mass is 401 g/mol. The zero-order valence-corrected chi connectivity index (χ0v) is 18.8. The number of piperidine rings is 1. The molecule has 2 rings (SSSR count). The second-order valence-corrected chi connectivity index (χ2v) is 8.94. The number of nitrogens with one attached hydrogen (secondary N) is 3. The second-order valence-electron chi connectivity index (χ2n) is 8.94. The fourth-order valence-corrected chi connectivity index (χ4v) is 3.52. The van der Waals surface area contributed by atoms with Crippen LogP contribution in [0.5, 0.6) is 0 Å². The van der Waals surface area contributed by atoms with Gasteiger partial charge >= 0.3 is 0 Å². The highest BCUT2D eigenvalue weighted by atomic mass is 16.2. The number of rotatable bonds is 7. The molecule has 0 aliphatic carbocycles. The van der Waals surface area contributed by atoms with Crippen molar-refractivity contribution < 1.29 is 4.79 Å². The highest BCUT2D eigenvalue weighted by molar-refractivity contribution is 5.81. The summed E-state index contributed by atoms with van der Waals surface area (Å²) in [6.07, 6.45) is 2.19. The molecule has 6 nitrogen and oxygen atoms in total. The fourth-order valence-electron chi connectivity index (χ4n) is 3.52. The first-order chi connectivity index (χ1) is 13.8. The van der Waals surface area contributed by atoms with Crippen molar-refractivity contribution in [2.45, 2.75) is 66.1 Å². The van der Waals surface area contributed by atoms with Gasteiger partial charge in [-0.3, -0.25) is 14.7 Å². The standard InChI is InChI=1S/C23H39N5O/c1-6-24-22(26-14-13-25-21(29)23(3,4)5)27-20-12-15-28(18(2)16-20)17-19-10-8-7-9-11-19/h7-11,18,20H,6,12-17H2,1-5H3,(H,25,29)(H2,24,26,27). The van der Waals surface area contributed by atoms with Crippen LogP contribution in [0, 0.1) is 5.41 Å². The summed E-state index contributed by atoms with van der Waals surface area (Å²) in [5.41, 5.74) is 1.01. The molecule has 1 aliphatic heterocycles. The first kappa shape index (κ1) is 23.2. The Balaban J connectivity index is 1.80. The number of carbonyl (C=O) groups excluding carboxylic acids is 1. The molecule has 0 aromatic heterocycles. The van der Waals surface area contributed by atoms with Crippen LogP contribution in [0.4, 0.5) is 0 Å². The molecule has 1 aromatic rings. The maximum absolute atomic E-state index is 12.0. The Kier molecular flexibility index (Phi) is 8.96. The van der Waals surface area contributed by atoms with Crippen LogP contribution in [-0.2, 0) is 11.3 Å². The molecular formula is C23H39N5O. The topological polar surface area (TPSA) is 68.8 Å². The van der Waals surface area contributed by atoms with E-state index < -0.39 is 0 Å². The summed E-state index contributed by atoms with van der Waals surface area (Å²) >= 11 is 0. The molecule has 6 heteroatoms. The summed E-state index contributed by atoms with van der Waals surface area (Å²) in [6, 6.07) is 11.6. The number of nitrogens with zero attached hydrogens (tertiary/aromatic N) is 2. The summed E-state index contributed by atoms with van der Waals surface area (Å²) in [7, 11) is 0. The van der Waals surface area contributed by atoms with Crippen molar-refractivity contribution >= 4 is 11.9 Å². The van der Waals surface area contributed by atoms with Crippen LogP contribution >= 0.6 is 0 Å². The Hall–Kier alpha value is -2.08. The van der Waals surface area contributed by atoms with E-state index in [1.807, 2.05) is 20.8 Å². The Bertz CT molecular complexity index is 653. The van der Waals surface area contributed by atoms with Crippen molar-refractivity contribution in [2.24, 2.45) is 10.4 Å². The number of aliphatic imine (C=N–C) groups is 1. The van der Waals surface area contributed by atoms with Gasteiger partial charge in [0.2, 0.25) is 5.91 Å². The van der Waals surface area contributed by atoms with Crippen LogP contribution in [-0.4, -0.2) is 55.0 Å². The molecule has 1 amide bonds. The van der Waals surface area contributed by atoms with E-state index >= 15 is 0 Å². The van der Waals surface area contributed by atoms with Crippen LogP contribution < -0.4 is 16.0 Å². The Labute approximate surface area is 176 Å². The van der Waals surface area contributed by atoms with Crippen LogP contribution in [0.15, 0.2) is 35.3 Å². The smallest absolute Gasteiger partial charge is 0.225 e. The Morgan fingerprint density at radius 2 is 1.93 bits per heavy atom. The highest BCUT2D eigenvalue weighted by Gasteiger charge is 2.26. The molecule has 1 aromatic carbocycles. The molecule has 0 spiro atoms. The molecule has 1 aliphatic rings. The van der Waals surface area contributed by atoms with E-state index in [1.165, 1.54) is 5.56 Å². The van der Waals surface area contributed by atoms with E-state index in [9.17, 15) is 4.79 Å². The number of likely N-dealkylation sites (tertiary alicyclic amines) is 1. The lowest BCUT2D eigenvalue weighted by molar-refractivity contribution is -0.128. The van der Waals surface area contributed by atoms with Crippen molar-refractivity contribution in [3.63, 3.8) is 0 Å². The molecular weight excluding hydrogens is 362 g/mol. The van der Waals surface area contributed by atoms with E-state index in [-0.39, 0.29) is 11.3 Å².